The highest BCUT2D eigenvalue weighted by atomic mass is 32.2. The van der Waals surface area contributed by atoms with Crippen LogP contribution >= 0.6 is 11.8 Å². The standard InChI is InChI=1S/C36H27F2N3O3S/c37-27-13-11-24(12-14-27)23-32(41-34(42)26-9-5-2-6-10-26)35(43)39-30-19-21-31(22-20-30)45-33(25-7-3-1-4-8-25)36(44)40-29-17-15-28(38)16-18-29/h1-23,33H,(H,39,43)(H,40,44)(H,41,42)/b32-23-. The van der Waals surface area contributed by atoms with Crippen LogP contribution in [0.3, 0.4) is 0 Å². The van der Waals surface area contributed by atoms with E-state index in [1.165, 1.54) is 66.4 Å². The van der Waals surface area contributed by atoms with Gasteiger partial charge < -0.3 is 16.0 Å². The van der Waals surface area contributed by atoms with Crippen molar-refractivity contribution in [3.05, 3.63) is 167 Å². The van der Waals surface area contributed by atoms with Crippen LogP contribution in [-0.4, -0.2) is 17.7 Å². The fourth-order valence-electron chi connectivity index (χ4n) is 4.26. The Balaban J connectivity index is 1.32. The summed E-state index contributed by atoms with van der Waals surface area (Å²) in [5, 5.41) is 7.67. The minimum Gasteiger partial charge on any atom is -0.325 e. The number of carbonyl (C=O) groups excluding carboxylic acids is 3. The first-order valence-electron chi connectivity index (χ1n) is 13.9. The highest BCUT2D eigenvalue weighted by molar-refractivity contribution is 8.00. The van der Waals surface area contributed by atoms with Crippen molar-refractivity contribution in [3.8, 4) is 0 Å². The Bertz CT molecular complexity index is 1800. The second-order valence-corrected chi connectivity index (χ2v) is 11.0. The molecule has 0 aliphatic heterocycles. The van der Waals surface area contributed by atoms with Crippen LogP contribution in [0, 0.1) is 11.6 Å². The fraction of sp³-hybridized carbons (Fsp3) is 0.0278. The zero-order valence-corrected chi connectivity index (χ0v) is 24.6. The van der Waals surface area contributed by atoms with Gasteiger partial charge in [-0.25, -0.2) is 8.78 Å². The SMILES string of the molecule is O=C(Nc1ccc(SC(C(=O)Nc2ccc(F)cc2)c2ccccc2)cc1)/C(=C/c1ccc(F)cc1)NC(=O)c1ccccc1. The van der Waals surface area contributed by atoms with E-state index in [9.17, 15) is 23.2 Å². The maximum absolute atomic E-state index is 13.5. The molecule has 0 fully saturated rings. The summed E-state index contributed by atoms with van der Waals surface area (Å²) in [7, 11) is 0. The Hall–Kier alpha value is -5.54. The average molecular weight is 620 g/mol. The normalized spacial score (nSPS) is 11.7. The summed E-state index contributed by atoms with van der Waals surface area (Å²) >= 11 is 1.32. The van der Waals surface area contributed by atoms with Gasteiger partial charge in [0.2, 0.25) is 5.91 Å². The summed E-state index contributed by atoms with van der Waals surface area (Å²) in [5.74, 6) is -2.15. The number of nitrogens with one attached hydrogen (secondary N) is 3. The van der Waals surface area contributed by atoms with Gasteiger partial charge in [-0.3, -0.25) is 14.4 Å². The first-order valence-corrected chi connectivity index (χ1v) is 14.7. The van der Waals surface area contributed by atoms with Crippen molar-refractivity contribution in [1.82, 2.24) is 5.32 Å². The van der Waals surface area contributed by atoms with Crippen LogP contribution in [0.15, 0.2) is 144 Å². The molecule has 0 aliphatic carbocycles. The van der Waals surface area contributed by atoms with E-state index < -0.39 is 28.7 Å². The van der Waals surface area contributed by atoms with Gasteiger partial charge in [0.05, 0.1) is 0 Å². The molecule has 5 aromatic rings. The lowest BCUT2D eigenvalue weighted by molar-refractivity contribution is -0.116. The van der Waals surface area contributed by atoms with Gasteiger partial charge in [-0.2, -0.15) is 0 Å². The average Bonchev–Trinajstić information content (AvgIpc) is 3.06. The molecule has 0 bridgehead atoms. The van der Waals surface area contributed by atoms with Crippen molar-refractivity contribution >= 4 is 46.9 Å². The molecule has 5 aromatic carbocycles. The van der Waals surface area contributed by atoms with E-state index in [0.717, 1.165) is 10.5 Å². The summed E-state index contributed by atoms with van der Waals surface area (Å²) in [6.07, 6.45) is 1.46. The number of thioether (sulfide) groups is 1. The number of hydrogen-bond acceptors (Lipinski definition) is 4. The number of hydrogen-bond donors (Lipinski definition) is 3. The molecule has 0 aromatic heterocycles. The molecule has 3 amide bonds. The largest absolute Gasteiger partial charge is 0.325 e. The monoisotopic (exact) mass is 619 g/mol. The Kier molecular flexibility index (Phi) is 10.1. The molecular weight excluding hydrogens is 592 g/mol. The van der Waals surface area contributed by atoms with Crippen molar-refractivity contribution in [2.24, 2.45) is 0 Å². The first-order chi connectivity index (χ1) is 21.8. The smallest absolute Gasteiger partial charge is 0.272 e. The van der Waals surface area contributed by atoms with Gasteiger partial charge in [-0.15, -0.1) is 11.8 Å². The quantitative estimate of drug-likeness (QED) is 0.110. The molecule has 5 rings (SSSR count). The van der Waals surface area contributed by atoms with Crippen LogP contribution in [0.25, 0.3) is 6.08 Å². The van der Waals surface area contributed by atoms with Gasteiger partial charge >= 0.3 is 0 Å². The minimum absolute atomic E-state index is 0.0319. The van der Waals surface area contributed by atoms with E-state index in [2.05, 4.69) is 16.0 Å². The Labute approximate surface area is 263 Å². The van der Waals surface area contributed by atoms with Crippen molar-refractivity contribution in [2.45, 2.75) is 10.1 Å². The third-order valence-electron chi connectivity index (χ3n) is 6.53. The maximum atomic E-state index is 13.5. The van der Waals surface area contributed by atoms with Gasteiger partial charge in [0.1, 0.15) is 22.6 Å². The molecule has 1 unspecified atom stereocenters. The van der Waals surface area contributed by atoms with E-state index in [-0.39, 0.29) is 11.6 Å². The molecule has 6 nitrogen and oxygen atoms in total. The van der Waals surface area contributed by atoms with E-state index in [1.807, 2.05) is 30.3 Å². The molecule has 0 saturated carbocycles. The highest BCUT2D eigenvalue weighted by Gasteiger charge is 2.22. The Morgan fingerprint density at radius 3 is 1.78 bits per heavy atom. The summed E-state index contributed by atoms with van der Waals surface area (Å²) in [5.41, 5.74) is 2.57. The van der Waals surface area contributed by atoms with Gasteiger partial charge in [0.15, 0.2) is 0 Å². The summed E-state index contributed by atoms with van der Waals surface area (Å²) < 4.78 is 26.8. The van der Waals surface area contributed by atoms with Crippen molar-refractivity contribution in [1.29, 1.82) is 0 Å². The van der Waals surface area contributed by atoms with Crippen LogP contribution < -0.4 is 16.0 Å². The lowest BCUT2D eigenvalue weighted by Gasteiger charge is -2.17. The Morgan fingerprint density at radius 2 is 1.16 bits per heavy atom. The molecule has 0 saturated heterocycles. The highest BCUT2D eigenvalue weighted by Crippen LogP contribution is 2.36. The number of carbonyl (C=O) groups is 3. The number of amides is 3. The maximum Gasteiger partial charge on any atom is 0.272 e. The number of benzene rings is 5. The summed E-state index contributed by atoms with van der Waals surface area (Å²) in [6, 6.07) is 35.7. The number of anilines is 2. The van der Waals surface area contributed by atoms with Gasteiger partial charge in [-0.1, -0.05) is 60.7 Å². The molecular formula is C36H27F2N3O3S. The third-order valence-corrected chi connectivity index (χ3v) is 7.79. The third kappa shape index (κ3) is 8.75. The molecule has 224 valence electrons. The lowest BCUT2D eigenvalue weighted by atomic mass is 10.1. The molecule has 3 N–H and O–H groups in total. The van der Waals surface area contributed by atoms with Crippen LogP contribution in [0.2, 0.25) is 0 Å². The van der Waals surface area contributed by atoms with Gasteiger partial charge in [0.25, 0.3) is 11.8 Å². The molecule has 0 heterocycles. The van der Waals surface area contributed by atoms with E-state index >= 15 is 0 Å². The lowest BCUT2D eigenvalue weighted by Crippen LogP contribution is -2.30. The number of rotatable bonds is 10. The van der Waals surface area contributed by atoms with Crippen LogP contribution in [0.1, 0.15) is 26.7 Å². The molecule has 0 spiro atoms. The fourth-order valence-corrected chi connectivity index (χ4v) is 5.29. The minimum atomic E-state index is -0.616. The van der Waals surface area contributed by atoms with Crippen molar-refractivity contribution in [3.63, 3.8) is 0 Å². The Morgan fingerprint density at radius 1 is 0.622 bits per heavy atom. The molecule has 0 radical (unpaired) electrons. The summed E-state index contributed by atoms with van der Waals surface area (Å²) in [4.78, 5) is 40.3. The predicted molar refractivity (Wildman–Crippen MR) is 173 cm³/mol. The molecule has 9 heteroatoms. The van der Waals surface area contributed by atoms with E-state index in [0.29, 0.717) is 22.5 Å². The van der Waals surface area contributed by atoms with E-state index in [4.69, 9.17) is 0 Å². The van der Waals surface area contributed by atoms with Crippen molar-refractivity contribution < 1.29 is 23.2 Å². The zero-order chi connectivity index (χ0) is 31.6. The van der Waals surface area contributed by atoms with Gasteiger partial charge in [0, 0.05) is 21.8 Å². The van der Waals surface area contributed by atoms with Crippen molar-refractivity contribution in [2.75, 3.05) is 10.6 Å². The summed E-state index contributed by atoms with van der Waals surface area (Å²) in [6.45, 7) is 0. The van der Waals surface area contributed by atoms with E-state index in [1.54, 1.807) is 54.6 Å². The van der Waals surface area contributed by atoms with Gasteiger partial charge in [-0.05, 0) is 90.0 Å². The van der Waals surface area contributed by atoms with Crippen LogP contribution in [-0.2, 0) is 9.59 Å². The molecule has 1 atom stereocenters. The van der Waals surface area contributed by atoms with Crippen LogP contribution in [0.5, 0.6) is 0 Å². The first kappa shape index (κ1) is 30.9. The number of halogens is 2. The topological polar surface area (TPSA) is 87.3 Å². The van der Waals surface area contributed by atoms with Crippen LogP contribution in [0.4, 0.5) is 20.2 Å². The molecule has 45 heavy (non-hydrogen) atoms. The second kappa shape index (κ2) is 14.8. The second-order valence-electron chi connectivity index (χ2n) is 9.81. The predicted octanol–water partition coefficient (Wildman–Crippen LogP) is 7.85. The zero-order valence-electron chi connectivity index (χ0n) is 23.7. The molecule has 0 aliphatic rings.